The van der Waals surface area contributed by atoms with E-state index in [1.165, 1.54) is 6.07 Å². The first kappa shape index (κ1) is 14.1. The maximum absolute atomic E-state index is 13.0. The van der Waals surface area contributed by atoms with E-state index in [1.54, 1.807) is 0 Å². The predicted molar refractivity (Wildman–Crippen MR) is 74.6 cm³/mol. The number of ether oxygens (including phenoxy) is 1. The maximum atomic E-state index is 13.0. The number of benzene rings is 2. The molecule has 102 valence electrons. The minimum atomic E-state index is -0.889. The average Bonchev–Trinajstić information content (AvgIpc) is 2.47. The molecule has 3 heteroatoms. The molecule has 0 saturated heterocycles. The highest BCUT2D eigenvalue weighted by Gasteiger charge is 2.00. The van der Waals surface area contributed by atoms with Gasteiger partial charge in [-0.15, -0.1) is 0 Å². The number of rotatable bonds is 3. The third-order valence-electron chi connectivity index (χ3n) is 2.60. The zero-order valence-corrected chi connectivity index (χ0v) is 11.1. The van der Waals surface area contributed by atoms with Crippen LogP contribution in [0.1, 0.15) is 24.5 Å². The van der Waals surface area contributed by atoms with Crippen LogP contribution in [0.25, 0.3) is 0 Å². The summed E-state index contributed by atoms with van der Waals surface area (Å²) in [4.78, 5) is 0. The first-order chi connectivity index (χ1) is 9.69. The minimum Gasteiger partial charge on any atom is -0.494 e. The van der Waals surface area contributed by atoms with E-state index >= 15 is 0 Å². The topological polar surface area (TPSA) is 9.23 Å². The van der Waals surface area contributed by atoms with Gasteiger partial charge in [0.05, 0.1) is 6.61 Å². The standard InChI is InChI=1S/C17H14F2O/c1-2-11-20-15-8-5-13(6-9-15)3-4-14-7-10-16(18)17(19)12-14/h5-10,12H,2,11H2,1H3. The van der Waals surface area contributed by atoms with Crippen molar-refractivity contribution in [1.82, 2.24) is 0 Å². The molecule has 0 amide bonds. The molecule has 2 aromatic rings. The van der Waals surface area contributed by atoms with Crippen LogP contribution in [0.4, 0.5) is 8.78 Å². The summed E-state index contributed by atoms with van der Waals surface area (Å²) in [6.45, 7) is 2.72. The molecule has 0 aliphatic rings. The summed E-state index contributed by atoms with van der Waals surface area (Å²) in [5.74, 6) is 4.73. The molecule has 0 radical (unpaired) electrons. The Hall–Kier alpha value is -2.34. The Balaban J connectivity index is 2.10. The second-order valence-corrected chi connectivity index (χ2v) is 4.25. The van der Waals surface area contributed by atoms with Gasteiger partial charge in [0.15, 0.2) is 11.6 Å². The van der Waals surface area contributed by atoms with Gasteiger partial charge in [-0.05, 0) is 48.9 Å². The van der Waals surface area contributed by atoms with Gasteiger partial charge in [-0.25, -0.2) is 8.78 Å². The molecular formula is C17H14F2O. The van der Waals surface area contributed by atoms with Crippen LogP contribution >= 0.6 is 0 Å². The number of halogens is 2. The largest absolute Gasteiger partial charge is 0.494 e. The van der Waals surface area contributed by atoms with Crippen molar-refractivity contribution in [3.8, 4) is 17.6 Å². The van der Waals surface area contributed by atoms with Gasteiger partial charge in [-0.2, -0.15) is 0 Å². The fourth-order valence-electron chi connectivity index (χ4n) is 1.57. The van der Waals surface area contributed by atoms with Gasteiger partial charge < -0.3 is 4.74 Å². The van der Waals surface area contributed by atoms with Crippen LogP contribution in [0.3, 0.4) is 0 Å². The summed E-state index contributed by atoms with van der Waals surface area (Å²) in [6.07, 6.45) is 0.956. The smallest absolute Gasteiger partial charge is 0.160 e. The lowest BCUT2D eigenvalue weighted by Gasteiger charge is -2.03. The molecule has 0 spiro atoms. The van der Waals surface area contributed by atoms with E-state index in [1.807, 2.05) is 31.2 Å². The Morgan fingerprint density at radius 2 is 1.55 bits per heavy atom. The molecule has 0 aliphatic carbocycles. The van der Waals surface area contributed by atoms with Crippen LogP contribution in [-0.2, 0) is 0 Å². The van der Waals surface area contributed by atoms with E-state index in [0.29, 0.717) is 12.2 Å². The zero-order chi connectivity index (χ0) is 14.4. The summed E-state index contributed by atoms with van der Waals surface area (Å²) >= 11 is 0. The lowest BCUT2D eigenvalue weighted by Crippen LogP contribution is -1.94. The molecule has 0 saturated carbocycles. The van der Waals surface area contributed by atoms with Crippen molar-refractivity contribution in [3.05, 3.63) is 65.2 Å². The summed E-state index contributed by atoms with van der Waals surface area (Å²) in [6, 6.07) is 10.9. The third kappa shape index (κ3) is 3.83. The molecule has 0 unspecified atom stereocenters. The molecule has 20 heavy (non-hydrogen) atoms. The first-order valence-corrected chi connectivity index (χ1v) is 6.39. The van der Waals surface area contributed by atoms with Gasteiger partial charge in [0.1, 0.15) is 5.75 Å². The van der Waals surface area contributed by atoms with E-state index in [9.17, 15) is 8.78 Å². The van der Waals surface area contributed by atoms with Crippen molar-refractivity contribution < 1.29 is 13.5 Å². The minimum absolute atomic E-state index is 0.440. The van der Waals surface area contributed by atoms with Crippen LogP contribution in [0, 0.1) is 23.5 Å². The molecule has 0 N–H and O–H groups in total. The van der Waals surface area contributed by atoms with Gasteiger partial charge in [-0.3, -0.25) is 0 Å². The third-order valence-corrected chi connectivity index (χ3v) is 2.60. The SMILES string of the molecule is CCCOc1ccc(C#Cc2ccc(F)c(F)c2)cc1. The number of hydrogen-bond donors (Lipinski definition) is 0. The normalized spacial score (nSPS) is 9.75. The molecule has 0 atom stereocenters. The highest BCUT2D eigenvalue weighted by atomic mass is 19.2. The lowest BCUT2D eigenvalue weighted by atomic mass is 10.1. The van der Waals surface area contributed by atoms with E-state index in [-0.39, 0.29) is 0 Å². The fourth-order valence-corrected chi connectivity index (χ4v) is 1.57. The Morgan fingerprint density at radius 3 is 2.20 bits per heavy atom. The van der Waals surface area contributed by atoms with Gasteiger partial charge in [0, 0.05) is 11.1 Å². The fraction of sp³-hybridized carbons (Fsp3) is 0.176. The van der Waals surface area contributed by atoms with Crippen molar-refractivity contribution in [2.75, 3.05) is 6.61 Å². The van der Waals surface area contributed by atoms with Gasteiger partial charge in [0.25, 0.3) is 0 Å². The van der Waals surface area contributed by atoms with E-state index < -0.39 is 11.6 Å². The zero-order valence-electron chi connectivity index (χ0n) is 11.1. The summed E-state index contributed by atoms with van der Waals surface area (Å²) in [5.41, 5.74) is 1.23. The van der Waals surface area contributed by atoms with Crippen LogP contribution in [0.5, 0.6) is 5.75 Å². The Labute approximate surface area is 117 Å². The van der Waals surface area contributed by atoms with Gasteiger partial charge in [-0.1, -0.05) is 18.8 Å². The summed E-state index contributed by atoms with van der Waals surface area (Å²) < 4.78 is 31.3. The molecule has 0 aliphatic heterocycles. The Kier molecular flexibility index (Phi) is 4.73. The highest BCUT2D eigenvalue weighted by Crippen LogP contribution is 2.12. The van der Waals surface area contributed by atoms with E-state index in [2.05, 4.69) is 11.8 Å². The molecule has 0 aromatic heterocycles. The van der Waals surface area contributed by atoms with Crippen molar-refractivity contribution in [3.63, 3.8) is 0 Å². The second kappa shape index (κ2) is 6.72. The first-order valence-electron chi connectivity index (χ1n) is 6.39. The second-order valence-electron chi connectivity index (χ2n) is 4.25. The van der Waals surface area contributed by atoms with Crippen molar-refractivity contribution in [2.24, 2.45) is 0 Å². The molecule has 2 rings (SSSR count). The average molecular weight is 272 g/mol. The van der Waals surface area contributed by atoms with Crippen LogP contribution in [0.2, 0.25) is 0 Å². The lowest BCUT2D eigenvalue weighted by molar-refractivity contribution is 0.317. The molecule has 0 fully saturated rings. The molecule has 0 heterocycles. The molecule has 1 nitrogen and oxygen atoms in total. The van der Waals surface area contributed by atoms with Gasteiger partial charge >= 0.3 is 0 Å². The van der Waals surface area contributed by atoms with Crippen LogP contribution in [-0.4, -0.2) is 6.61 Å². The molecule has 2 aromatic carbocycles. The maximum Gasteiger partial charge on any atom is 0.160 e. The molecular weight excluding hydrogens is 258 g/mol. The number of hydrogen-bond acceptors (Lipinski definition) is 1. The summed E-state index contributed by atoms with van der Waals surface area (Å²) in [7, 11) is 0. The summed E-state index contributed by atoms with van der Waals surface area (Å²) in [5, 5.41) is 0. The van der Waals surface area contributed by atoms with Crippen molar-refractivity contribution in [2.45, 2.75) is 13.3 Å². The Bertz CT molecular complexity index is 636. The van der Waals surface area contributed by atoms with Gasteiger partial charge in [0.2, 0.25) is 0 Å². The predicted octanol–water partition coefficient (Wildman–Crippen LogP) is 4.15. The quantitative estimate of drug-likeness (QED) is 0.763. The van der Waals surface area contributed by atoms with Crippen LogP contribution < -0.4 is 4.74 Å². The van der Waals surface area contributed by atoms with E-state index in [0.717, 1.165) is 29.9 Å². The molecule has 0 bridgehead atoms. The van der Waals surface area contributed by atoms with Crippen molar-refractivity contribution in [1.29, 1.82) is 0 Å². The van der Waals surface area contributed by atoms with E-state index in [4.69, 9.17) is 4.74 Å². The van der Waals surface area contributed by atoms with Crippen LogP contribution in [0.15, 0.2) is 42.5 Å². The monoisotopic (exact) mass is 272 g/mol. The Morgan fingerprint density at radius 1 is 0.900 bits per heavy atom. The van der Waals surface area contributed by atoms with Crippen molar-refractivity contribution >= 4 is 0 Å². The highest BCUT2D eigenvalue weighted by molar-refractivity contribution is 5.44.